The van der Waals surface area contributed by atoms with Crippen LogP contribution in [0.1, 0.15) is 38.5 Å². The zero-order valence-electron chi connectivity index (χ0n) is 9.48. The van der Waals surface area contributed by atoms with Gasteiger partial charge in [-0.25, -0.2) is 0 Å². The number of unbranched alkanes of at least 4 members (excludes halogenated alkanes) is 5. The molecule has 2 amide bonds. The lowest BCUT2D eigenvalue weighted by molar-refractivity contribution is -0.136. The summed E-state index contributed by atoms with van der Waals surface area (Å²) in [5.74, 6) is 0.509. The molecule has 1 rings (SSSR count). The molecule has 0 aromatic carbocycles. The summed E-state index contributed by atoms with van der Waals surface area (Å²) >= 11 is 4.86. The quantitative estimate of drug-likeness (QED) is 0.483. The Hall–Kier alpha value is -0.770. The van der Waals surface area contributed by atoms with Crippen molar-refractivity contribution in [2.24, 2.45) is 0 Å². The number of carbonyl (C=O) groups is 2. The van der Waals surface area contributed by atoms with Crippen molar-refractivity contribution in [1.29, 1.82) is 0 Å². The van der Waals surface area contributed by atoms with Gasteiger partial charge in [0.05, 0.1) is 0 Å². The van der Waals surface area contributed by atoms with Gasteiger partial charge in [-0.05, 0) is 12.8 Å². The number of nitrogens with zero attached hydrogens (tertiary/aromatic N) is 1. The second kappa shape index (κ2) is 7.49. The van der Waals surface area contributed by atoms with Crippen LogP contribution in [0, 0.1) is 0 Å². The number of imide groups is 1. The van der Waals surface area contributed by atoms with E-state index in [1.165, 1.54) is 36.3 Å². The first-order valence-corrected chi connectivity index (χ1v) is 6.45. The average Bonchev–Trinajstić information content (AvgIpc) is 2.59. The van der Waals surface area contributed by atoms with Crippen molar-refractivity contribution < 1.29 is 9.59 Å². The van der Waals surface area contributed by atoms with Crippen LogP contribution in [-0.4, -0.2) is 29.0 Å². The van der Waals surface area contributed by atoms with Crippen LogP contribution in [0.4, 0.5) is 0 Å². The van der Waals surface area contributed by atoms with Crippen LogP contribution in [0.3, 0.4) is 0 Å². The first-order chi connectivity index (χ1) is 7.75. The molecule has 0 bridgehead atoms. The van der Waals surface area contributed by atoms with Crippen LogP contribution >= 0.6 is 12.6 Å². The summed E-state index contributed by atoms with van der Waals surface area (Å²) in [6.07, 6.45) is 9.37. The van der Waals surface area contributed by atoms with Crippen molar-refractivity contribution in [2.45, 2.75) is 38.5 Å². The predicted molar refractivity (Wildman–Crippen MR) is 66.0 cm³/mol. The zero-order chi connectivity index (χ0) is 11.8. The van der Waals surface area contributed by atoms with E-state index in [-0.39, 0.29) is 11.8 Å². The van der Waals surface area contributed by atoms with E-state index in [1.54, 1.807) is 0 Å². The predicted octanol–water partition coefficient (Wildman–Crippen LogP) is 2.45. The summed E-state index contributed by atoms with van der Waals surface area (Å²) in [7, 11) is 0. The fraction of sp³-hybridized carbons (Fsp3) is 0.667. The van der Waals surface area contributed by atoms with Crippen molar-refractivity contribution in [3.63, 3.8) is 0 Å². The van der Waals surface area contributed by atoms with Crippen molar-refractivity contribution in [2.75, 3.05) is 12.3 Å². The largest absolute Gasteiger partial charge is 0.275 e. The van der Waals surface area contributed by atoms with E-state index in [2.05, 4.69) is 0 Å². The van der Waals surface area contributed by atoms with Crippen molar-refractivity contribution in [3.8, 4) is 0 Å². The Morgan fingerprint density at radius 3 is 1.94 bits per heavy atom. The molecule has 0 saturated carbocycles. The fourth-order valence-electron chi connectivity index (χ4n) is 1.73. The number of amides is 2. The Bertz CT molecular complexity index is 258. The summed E-state index contributed by atoms with van der Waals surface area (Å²) in [5.41, 5.74) is 0. The van der Waals surface area contributed by atoms with Gasteiger partial charge in [-0.3, -0.25) is 14.5 Å². The third kappa shape index (κ3) is 4.39. The van der Waals surface area contributed by atoms with E-state index in [1.807, 2.05) is 0 Å². The standard InChI is InChI=1S/C12H18NO2S/c14-11-7-8-12(15)13(11)9-5-3-1-2-4-6-10-16/h7-8H,1-6,9-10H2. The summed E-state index contributed by atoms with van der Waals surface area (Å²) in [6.45, 7) is 0.561. The SMILES string of the molecule is O=C1C=CC(=O)N1CCCCCCCC[S]. The van der Waals surface area contributed by atoms with Crippen molar-refractivity contribution >= 4 is 24.4 Å². The van der Waals surface area contributed by atoms with Crippen LogP contribution < -0.4 is 0 Å². The molecule has 0 atom stereocenters. The van der Waals surface area contributed by atoms with Gasteiger partial charge in [0.25, 0.3) is 11.8 Å². The fourth-order valence-corrected chi connectivity index (χ4v) is 1.93. The van der Waals surface area contributed by atoms with Gasteiger partial charge in [0, 0.05) is 24.4 Å². The highest BCUT2D eigenvalue weighted by atomic mass is 32.1. The molecule has 1 radical (unpaired) electrons. The van der Waals surface area contributed by atoms with Crippen molar-refractivity contribution in [1.82, 2.24) is 4.90 Å². The molecule has 0 unspecified atom stereocenters. The molecular formula is C12H18NO2S. The van der Waals surface area contributed by atoms with Crippen LogP contribution in [0.5, 0.6) is 0 Å². The van der Waals surface area contributed by atoms with E-state index in [0.717, 1.165) is 25.0 Å². The van der Waals surface area contributed by atoms with Crippen LogP contribution in [0.15, 0.2) is 12.2 Å². The average molecular weight is 240 g/mol. The Morgan fingerprint density at radius 1 is 0.875 bits per heavy atom. The topological polar surface area (TPSA) is 37.4 Å². The van der Waals surface area contributed by atoms with E-state index in [4.69, 9.17) is 12.6 Å². The number of rotatable bonds is 8. The number of carbonyl (C=O) groups excluding carboxylic acids is 2. The van der Waals surface area contributed by atoms with Gasteiger partial charge in [-0.15, -0.1) is 0 Å². The molecule has 0 aromatic heterocycles. The van der Waals surface area contributed by atoms with Gasteiger partial charge < -0.3 is 0 Å². The maximum absolute atomic E-state index is 11.2. The second-order valence-corrected chi connectivity index (χ2v) is 4.40. The highest BCUT2D eigenvalue weighted by molar-refractivity contribution is 7.80. The Kier molecular flexibility index (Phi) is 6.23. The molecule has 0 aromatic rings. The lowest BCUT2D eigenvalue weighted by Gasteiger charge is -2.12. The van der Waals surface area contributed by atoms with E-state index < -0.39 is 0 Å². The molecule has 0 aliphatic carbocycles. The maximum atomic E-state index is 11.2. The molecule has 0 saturated heterocycles. The van der Waals surface area contributed by atoms with Gasteiger partial charge in [-0.1, -0.05) is 38.3 Å². The number of hydrogen-bond donors (Lipinski definition) is 0. The lowest BCUT2D eigenvalue weighted by Crippen LogP contribution is -2.30. The summed E-state index contributed by atoms with van der Waals surface area (Å²) in [6, 6.07) is 0. The van der Waals surface area contributed by atoms with Crippen LogP contribution in [0.2, 0.25) is 0 Å². The molecule has 0 spiro atoms. The highest BCUT2D eigenvalue weighted by Gasteiger charge is 2.21. The van der Waals surface area contributed by atoms with Crippen molar-refractivity contribution in [3.05, 3.63) is 12.2 Å². The molecule has 16 heavy (non-hydrogen) atoms. The molecule has 1 heterocycles. The van der Waals surface area contributed by atoms with E-state index in [0.29, 0.717) is 6.54 Å². The van der Waals surface area contributed by atoms with Gasteiger partial charge in [0.2, 0.25) is 0 Å². The Balaban J connectivity index is 1.99. The zero-order valence-corrected chi connectivity index (χ0v) is 10.3. The smallest absolute Gasteiger partial charge is 0.253 e. The van der Waals surface area contributed by atoms with Crippen LogP contribution in [0.25, 0.3) is 0 Å². The molecule has 3 nitrogen and oxygen atoms in total. The third-order valence-corrected chi connectivity index (χ3v) is 2.97. The summed E-state index contributed by atoms with van der Waals surface area (Å²) in [5, 5.41) is 0. The van der Waals surface area contributed by atoms with Crippen LogP contribution in [-0.2, 0) is 9.59 Å². The first-order valence-electron chi connectivity index (χ1n) is 5.87. The van der Waals surface area contributed by atoms with Gasteiger partial charge >= 0.3 is 0 Å². The summed E-state index contributed by atoms with van der Waals surface area (Å²) < 4.78 is 0. The highest BCUT2D eigenvalue weighted by Crippen LogP contribution is 2.09. The molecule has 89 valence electrons. The number of hydrogen-bond acceptors (Lipinski definition) is 2. The van der Waals surface area contributed by atoms with E-state index in [9.17, 15) is 9.59 Å². The Labute approximate surface area is 102 Å². The van der Waals surface area contributed by atoms with Gasteiger partial charge in [0.15, 0.2) is 0 Å². The summed E-state index contributed by atoms with van der Waals surface area (Å²) in [4.78, 5) is 23.7. The monoisotopic (exact) mass is 240 g/mol. The minimum atomic E-state index is -0.170. The molecule has 0 N–H and O–H groups in total. The lowest BCUT2D eigenvalue weighted by atomic mass is 10.1. The Morgan fingerprint density at radius 2 is 1.38 bits per heavy atom. The maximum Gasteiger partial charge on any atom is 0.253 e. The molecule has 4 heteroatoms. The minimum Gasteiger partial charge on any atom is -0.275 e. The van der Waals surface area contributed by atoms with Gasteiger partial charge in [0.1, 0.15) is 0 Å². The minimum absolute atomic E-state index is 0.170. The van der Waals surface area contributed by atoms with E-state index >= 15 is 0 Å². The second-order valence-electron chi connectivity index (χ2n) is 3.99. The normalized spacial score (nSPS) is 15.2. The third-order valence-electron chi connectivity index (χ3n) is 2.68. The molecule has 1 aliphatic heterocycles. The molecule has 0 fully saturated rings. The molecule has 1 aliphatic rings. The molecular weight excluding hydrogens is 222 g/mol. The first kappa shape index (κ1) is 13.3. The van der Waals surface area contributed by atoms with Gasteiger partial charge in [-0.2, -0.15) is 0 Å².